The normalized spacial score (nSPS) is 13.4. The van der Waals surface area contributed by atoms with Crippen LogP contribution in [-0.2, 0) is 0 Å². The summed E-state index contributed by atoms with van der Waals surface area (Å²) in [5.74, 6) is 0.972. The van der Waals surface area contributed by atoms with Crippen LogP contribution in [0.4, 0.5) is 0 Å². The van der Waals surface area contributed by atoms with Gasteiger partial charge in [-0.05, 0) is 5.75 Å². The second-order valence-electron chi connectivity index (χ2n) is 1.22. The molecule has 0 bridgehead atoms. The predicted molar refractivity (Wildman–Crippen MR) is 42.8 cm³/mol. The van der Waals surface area contributed by atoms with Crippen molar-refractivity contribution in [1.29, 1.82) is 0 Å². The van der Waals surface area contributed by atoms with Gasteiger partial charge in [-0.2, -0.15) is 0 Å². The van der Waals surface area contributed by atoms with E-state index in [2.05, 4.69) is 6.58 Å². The molecule has 0 aliphatic rings. The van der Waals surface area contributed by atoms with E-state index in [-0.39, 0.29) is 4.71 Å². The lowest BCUT2D eigenvalue weighted by atomic mass is 10.7. The van der Waals surface area contributed by atoms with E-state index < -0.39 is 0 Å². The van der Waals surface area contributed by atoms with Gasteiger partial charge < -0.3 is 0 Å². The summed E-state index contributed by atoms with van der Waals surface area (Å²) in [5, 5.41) is 0.513. The Labute approximate surface area is 64.2 Å². The van der Waals surface area contributed by atoms with Gasteiger partial charge in [-0.3, -0.25) is 0 Å². The lowest BCUT2D eigenvalue weighted by Gasteiger charge is -2.02. The summed E-state index contributed by atoms with van der Waals surface area (Å²) in [4.78, 5) is 0. The maximum absolute atomic E-state index is 5.65. The molecule has 0 spiro atoms. The first-order valence-electron chi connectivity index (χ1n) is 2.28. The Morgan fingerprint density at radius 1 is 1.88 bits per heavy atom. The van der Waals surface area contributed by atoms with Crippen molar-refractivity contribution in [2.24, 2.45) is 0 Å². The maximum Gasteiger partial charge on any atom is 0.114 e. The molecule has 0 aromatic carbocycles. The van der Waals surface area contributed by atoms with Crippen molar-refractivity contribution in [2.75, 3.05) is 5.75 Å². The minimum atomic E-state index is -0.123. The highest BCUT2D eigenvalue weighted by atomic mass is 35.5. The molecule has 0 N–H and O–H groups in total. The van der Waals surface area contributed by atoms with Gasteiger partial charge >= 0.3 is 0 Å². The summed E-state index contributed by atoms with van der Waals surface area (Å²) in [5.41, 5.74) is 0. The van der Waals surface area contributed by atoms with Gasteiger partial charge in [0.1, 0.15) is 4.71 Å². The average molecular weight is 171 g/mol. The number of hydrogen-bond acceptors (Lipinski definition) is 1. The number of alkyl halides is 1. The van der Waals surface area contributed by atoms with Crippen molar-refractivity contribution in [3.63, 3.8) is 0 Å². The van der Waals surface area contributed by atoms with E-state index in [1.54, 1.807) is 11.8 Å². The molecule has 0 aromatic heterocycles. The number of hydrogen-bond donors (Lipinski definition) is 0. The lowest BCUT2D eigenvalue weighted by Crippen LogP contribution is -1.89. The van der Waals surface area contributed by atoms with Crippen molar-refractivity contribution in [1.82, 2.24) is 0 Å². The Morgan fingerprint density at radius 3 is 2.50 bits per heavy atom. The third-order valence-electron chi connectivity index (χ3n) is 0.559. The fourth-order valence-electron chi connectivity index (χ4n) is 0.237. The molecule has 0 saturated heterocycles. The smallest absolute Gasteiger partial charge is 0.114 e. The van der Waals surface area contributed by atoms with E-state index in [0.29, 0.717) is 5.03 Å². The van der Waals surface area contributed by atoms with Crippen LogP contribution in [0.3, 0.4) is 0 Å². The van der Waals surface area contributed by atoms with Crippen molar-refractivity contribution in [3.05, 3.63) is 11.6 Å². The van der Waals surface area contributed by atoms with Crippen molar-refractivity contribution in [2.45, 2.75) is 11.6 Å². The molecule has 0 radical (unpaired) electrons. The van der Waals surface area contributed by atoms with Crippen LogP contribution in [0.25, 0.3) is 0 Å². The van der Waals surface area contributed by atoms with Gasteiger partial charge in [-0.25, -0.2) is 0 Å². The zero-order valence-corrected chi connectivity index (χ0v) is 6.98. The molecule has 0 rings (SSSR count). The van der Waals surface area contributed by atoms with Crippen molar-refractivity contribution in [3.8, 4) is 0 Å². The van der Waals surface area contributed by atoms with E-state index in [1.807, 2.05) is 6.92 Å². The molecule has 0 fully saturated rings. The van der Waals surface area contributed by atoms with Crippen LogP contribution < -0.4 is 0 Å². The molecule has 0 amide bonds. The van der Waals surface area contributed by atoms with Gasteiger partial charge in [-0.1, -0.05) is 25.1 Å². The molecule has 1 atom stereocenters. The van der Waals surface area contributed by atoms with Gasteiger partial charge in [0.25, 0.3) is 0 Å². The molecular formula is C5H8Cl2S. The SMILES string of the molecule is C=C(Cl)C(Cl)SCC. The quantitative estimate of drug-likeness (QED) is 0.588. The third-order valence-corrected chi connectivity index (χ3v) is 2.57. The lowest BCUT2D eigenvalue weighted by molar-refractivity contribution is 1.48. The van der Waals surface area contributed by atoms with Gasteiger partial charge in [0, 0.05) is 5.03 Å². The van der Waals surface area contributed by atoms with E-state index >= 15 is 0 Å². The summed E-state index contributed by atoms with van der Waals surface area (Å²) in [6, 6.07) is 0. The second-order valence-corrected chi connectivity index (χ2v) is 3.78. The number of rotatable bonds is 3. The van der Waals surface area contributed by atoms with Crippen LogP contribution >= 0.6 is 35.0 Å². The summed E-state index contributed by atoms with van der Waals surface area (Å²) < 4.78 is -0.123. The Kier molecular flexibility index (Phi) is 4.92. The topological polar surface area (TPSA) is 0 Å². The molecule has 1 unspecified atom stereocenters. The van der Waals surface area contributed by atoms with Gasteiger partial charge in [0.15, 0.2) is 0 Å². The van der Waals surface area contributed by atoms with E-state index in [4.69, 9.17) is 23.2 Å². The molecule has 0 saturated carbocycles. The molecule has 0 aliphatic carbocycles. The summed E-state index contributed by atoms with van der Waals surface area (Å²) in [7, 11) is 0. The Balaban J connectivity index is 3.32. The monoisotopic (exact) mass is 170 g/mol. The standard InChI is InChI=1S/C5H8Cl2S/c1-3-8-5(7)4(2)6/h5H,2-3H2,1H3. The molecule has 3 heteroatoms. The van der Waals surface area contributed by atoms with E-state index in [0.717, 1.165) is 5.75 Å². The molecular weight excluding hydrogens is 163 g/mol. The summed E-state index contributed by atoms with van der Waals surface area (Å²) >= 11 is 12.7. The van der Waals surface area contributed by atoms with E-state index in [9.17, 15) is 0 Å². The van der Waals surface area contributed by atoms with Crippen LogP contribution in [0.5, 0.6) is 0 Å². The van der Waals surface area contributed by atoms with E-state index in [1.165, 1.54) is 0 Å². The van der Waals surface area contributed by atoms with Crippen molar-refractivity contribution < 1.29 is 0 Å². The molecule has 0 aromatic rings. The van der Waals surface area contributed by atoms with Gasteiger partial charge in [-0.15, -0.1) is 23.4 Å². The highest BCUT2D eigenvalue weighted by Crippen LogP contribution is 2.23. The number of halogens is 2. The molecule has 8 heavy (non-hydrogen) atoms. The highest BCUT2D eigenvalue weighted by molar-refractivity contribution is 8.01. The summed E-state index contributed by atoms with van der Waals surface area (Å²) in [6.07, 6.45) is 0. The molecule has 0 aliphatic heterocycles. The highest BCUT2D eigenvalue weighted by Gasteiger charge is 2.03. The summed E-state index contributed by atoms with van der Waals surface area (Å²) in [6.45, 7) is 5.51. The Hall–Kier alpha value is 0.670. The molecule has 48 valence electrons. The second kappa shape index (κ2) is 4.54. The van der Waals surface area contributed by atoms with Gasteiger partial charge in [0.05, 0.1) is 0 Å². The van der Waals surface area contributed by atoms with Crippen LogP contribution in [-0.4, -0.2) is 10.5 Å². The van der Waals surface area contributed by atoms with Crippen LogP contribution in [0.1, 0.15) is 6.92 Å². The van der Waals surface area contributed by atoms with Gasteiger partial charge in [0.2, 0.25) is 0 Å². The molecule has 0 heterocycles. The predicted octanol–water partition coefficient (Wildman–Crippen LogP) is 3.06. The first kappa shape index (κ1) is 8.67. The number of thioether (sulfide) groups is 1. The Morgan fingerprint density at radius 2 is 2.38 bits per heavy atom. The largest absolute Gasteiger partial charge is 0.137 e. The minimum absolute atomic E-state index is 0.123. The maximum atomic E-state index is 5.65. The molecule has 0 nitrogen and oxygen atoms in total. The fourth-order valence-corrected chi connectivity index (χ4v) is 1.28. The zero-order chi connectivity index (χ0) is 6.57. The van der Waals surface area contributed by atoms with Crippen LogP contribution in [0, 0.1) is 0 Å². The van der Waals surface area contributed by atoms with Crippen molar-refractivity contribution >= 4 is 35.0 Å². The fraction of sp³-hybridized carbons (Fsp3) is 0.600. The zero-order valence-electron chi connectivity index (χ0n) is 4.66. The minimum Gasteiger partial charge on any atom is -0.137 e. The Bertz CT molecular complexity index is 82.5. The third kappa shape index (κ3) is 3.65. The van der Waals surface area contributed by atoms with Crippen LogP contribution in [0.2, 0.25) is 0 Å². The first-order chi connectivity index (χ1) is 3.68. The average Bonchev–Trinajstić information content (AvgIpc) is 1.67. The van der Waals surface area contributed by atoms with Crippen LogP contribution in [0.15, 0.2) is 11.6 Å². The first-order valence-corrected chi connectivity index (χ1v) is 4.14.